The molecular weight excluding hydrogens is 986 g/mol. The molecule has 1 aliphatic carbocycles. The van der Waals surface area contributed by atoms with Gasteiger partial charge in [0.05, 0.1) is 34.4 Å². The lowest BCUT2D eigenvalue weighted by Gasteiger charge is -2.29. The van der Waals surface area contributed by atoms with Crippen LogP contribution < -0.4 is 10.6 Å². The van der Waals surface area contributed by atoms with Crippen molar-refractivity contribution < 1.29 is 23.7 Å². The van der Waals surface area contributed by atoms with Crippen LogP contribution in [0.4, 0.5) is 11.6 Å². The highest BCUT2D eigenvalue weighted by Crippen LogP contribution is 2.51. The topological polar surface area (TPSA) is 145 Å². The Hall–Kier alpha value is -6.94. The number of ether oxygens (including phenoxy) is 5. The lowest BCUT2D eigenvalue weighted by molar-refractivity contribution is -0.174. The van der Waals surface area contributed by atoms with Gasteiger partial charge in [-0.2, -0.15) is 0 Å². The van der Waals surface area contributed by atoms with Gasteiger partial charge in [0.2, 0.25) is 6.23 Å². The molecular formula is C62H64ClN9O5. The average Bonchev–Trinajstić information content (AvgIpc) is 4.46. The van der Waals surface area contributed by atoms with E-state index in [1.165, 1.54) is 22.0 Å². The van der Waals surface area contributed by atoms with Crippen molar-refractivity contribution in [1.29, 1.82) is 0 Å². The molecule has 6 aromatic heterocycles. The second-order valence-corrected chi connectivity index (χ2v) is 22.5. The summed E-state index contributed by atoms with van der Waals surface area (Å²) in [6.45, 7) is 12.9. The average molecular weight is 1050 g/mol. The molecule has 394 valence electrons. The predicted octanol–water partition coefficient (Wildman–Crippen LogP) is 12.5. The summed E-state index contributed by atoms with van der Waals surface area (Å²) in [5, 5.41) is 11.8. The predicted molar refractivity (Wildman–Crippen MR) is 301 cm³/mol. The minimum absolute atomic E-state index is 0.0605. The molecule has 77 heavy (non-hydrogen) atoms. The Morgan fingerprint density at radius 2 is 1.48 bits per heavy atom. The van der Waals surface area contributed by atoms with Gasteiger partial charge in [-0.15, -0.1) is 0 Å². The number of aromatic nitrogens is 7. The maximum absolute atomic E-state index is 7.44. The summed E-state index contributed by atoms with van der Waals surface area (Å²) in [6, 6.07) is 31.7. The van der Waals surface area contributed by atoms with Crippen LogP contribution in [0.2, 0.25) is 5.02 Å². The molecule has 4 fully saturated rings. The molecule has 3 aromatic carbocycles. The molecule has 14 nitrogen and oxygen atoms in total. The lowest BCUT2D eigenvalue weighted by atomic mass is 9.95. The van der Waals surface area contributed by atoms with Gasteiger partial charge in [0.15, 0.2) is 17.7 Å². The van der Waals surface area contributed by atoms with E-state index in [4.69, 9.17) is 50.2 Å². The van der Waals surface area contributed by atoms with Crippen LogP contribution in [0, 0.1) is 19.8 Å². The third kappa shape index (κ3) is 9.27. The molecule has 2 N–H and O–H groups in total. The number of nitrogens with zero attached hydrogens (tertiary/aromatic N) is 7. The first kappa shape index (κ1) is 49.6. The Balaban J connectivity index is 0.837. The number of hydrogen-bond acceptors (Lipinski definition) is 12. The maximum atomic E-state index is 7.44. The van der Waals surface area contributed by atoms with Crippen molar-refractivity contribution in [3.63, 3.8) is 0 Å². The molecule has 9 aromatic rings. The van der Waals surface area contributed by atoms with Crippen LogP contribution in [0.3, 0.4) is 0 Å². The molecule has 1 saturated carbocycles. The summed E-state index contributed by atoms with van der Waals surface area (Å²) < 4.78 is 39.3. The molecule has 9 heterocycles. The molecule has 0 radical (unpaired) electrons. The van der Waals surface area contributed by atoms with E-state index in [0.717, 1.165) is 104 Å². The third-order valence-corrected chi connectivity index (χ3v) is 16.6. The fourth-order valence-corrected chi connectivity index (χ4v) is 12.7. The van der Waals surface area contributed by atoms with Gasteiger partial charge in [0.25, 0.3) is 0 Å². The van der Waals surface area contributed by atoms with Gasteiger partial charge in [-0.05, 0) is 167 Å². The Bertz CT molecular complexity index is 3760. The van der Waals surface area contributed by atoms with Crippen molar-refractivity contribution in [2.24, 2.45) is 5.92 Å². The van der Waals surface area contributed by atoms with Crippen molar-refractivity contribution in [2.45, 2.75) is 135 Å². The molecule has 0 amide bonds. The van der Waals surface area contributed by atoms with E-state index >= 15 is 0 Å². The Kier molecular flexibility index (Phi) is 12.6. The summed E-state index contributed by atoms with van der Waals surface area (Å²) in [5.41, 5.74) is 11.6. The second-order valence-electron chi connectivity index (χ2n) is 22.0. The molecule has 0 bridgehead atoms. The number of anilines is 2. The second kappa shape index (κ2) is 19.5. The Morgan fingerprint density at radius 3 is 2.32 bits per heavy atom. The number of allylic oxidation sites excluding steroid dienone is 1. The molecule has 13 rings (SSSR count). The Morgan fingerprint density at radius 1 is 0.727 bits per heavy atom. The number of nitrogens with one attached hydrogen (secondary N) is 2. The molecule has 15 heteroatoms. The molecule has 0 spiro atoms. The van der Waals surface area contributed by atoms with E-state index in [1.54, 1.807) is 6.33 Å². The van der Waals surface area contributed by atoms with Crippen molar-refractivity contribution in [3.05, 3.63) is 172 Å². The first-order chi connectivity index (χ1) is 37.3. The van der Waals surface area contributed by atoms with Gasteiger partial charge in [-0.25, -0.2) is 19.9 Å². The van der Waals surface area contributed by atoms with Gasteiger partial charge in [-0.1, -0.05) is 48.9 Å². The normalized spacial score (nSPS) is 25.1. The van der Waals surface area contributed by atoms with E-state index in [1.807, 2.05) is 81.2 Å². The summed E-state index contributed by atoms with van der Waals surface area (Å²) >= 11 is 6.23. The van der Waals surface area contributed by atoms with Crippen molar-refractivity contribution >= 4 is 67.0 Å². The number of rotatable bonds is 14. The zero-order valence-electron chi connectivity index (χ0n) is 44.6. The van der Waals surface area contributed by atoms with Crippen LogP contribution in [0.5, 0.6) is 0 Å². The van der Waals surface area contributed by atoms with Crippen LogP contribution in [0.25, 0.3) is 43.7 Å². The van der Waals surface area contributed by atoms with Gasteiger partial charge < -0.3 is 38.9 Å². The van der Waals surface area contributed by atoms with Crippen LogP contribution >= 0.6 is 11.6 Å². The molecule has 4 aliphatic rings. The fraction of sp³-hybridized carbons (Fsp3) is 0.371. The van der Waals surface area contributed by atoms with Gasteiger partial charge >= 0.3 is 0 Å². The third-order valence-electron chi connectivity index (χ3n) is 16.4. The monoisotopic (exact) mass is 1050 g/mol. The molecule has 3 aliphatic heterocycles. The standard InChI is InChI=1S/C62H64ClN9O5/c1-8-40-33-65-35(2)45-23-25-71(54(40)45)50-30-42(15-10-37-9-14-41-16-21-52(64-7)69-48(41)28-37)55-56(50)77-62(6,76-55)31-43-27-39(29-49-47(43)19-22-53(70-49)66-32-38-11-17-44(63)18-12-38)13-20-51-57-58(75-61(4,5)74-57)60(73-51)72-26-24-46-36(3)67-34-68-59(46)72/h9,11-12,14,16-29,33-34,42,50,55-58,60H,8,10,13,15,30-32H2,1-7H3,(H,64,69)(H,66,70)/b51-20-/t42-,50+,55+,56-,57+,58+,60+,62?/m0/s1. The summed E-state index contributed by atoms with van der Waals surface area (Å²) in [4.78, 5) is 24.0. The van der Waals surface area contributed by atoms with E-state index in [0.29, 0.717) is 24.4 Å². The molecule has 3 saturated heterocycles. The number of fused-ring (bicyclic) bond motifs is 6. The van der Waals surface area contributed by atoms with Gasteiger partial charge in [0.1, 0.15) is 41.6 Å². The van der Waals surface area contributed by atoms with Gasteiger partial charge in [0, 0.05) is 70.9 Å². The van der Waals surface area contributed by atoms with Crippen LogP contribution in [-0.4, -0.2) is 77.1 Å². The van der Waals surface area contributed by atoms with Crippen molar-refractivity contribution in [1.82, 2.24) is 34.1 Å². The summed E-state index contributed by atoms with van der Waals surface area (Å²) in [5.74, 6) is 0.852. The zero-order chi connectivity index (χ0) is 52.7. The summed E-state index contributed by atoms with van der Waals surface area (Å²) in [6.07, 6.45) is 13.2. The van der Waals surface area contributed by atoms with E-state index in [2.05, 4.69) is 113 Å². The smallest absolute Gasteiger partial charge is 0.206 e. The zero-order valence-corrected chi connectivity index (χ0v) is 45.3. The Labute approximate surface area is 453 Å². The van der Waals surface area contributed by atoms with Crippen molar-refractivity contribution in [2.75, 3.05) is 17.7 Å². The minimum Gasteiger partial charge on any atom is -0.469 e. The maximum Gasteiger partial charge on any atom is 0.206 e. The molecule has 1 unspecified atom stereocenters. The quantitative estimate of drug-likeness (QED) is 0.107. The van der Waals surface area contributed by atoms with E-state index in [-0.39, 0.29) is 30.3 Å². The lowest BCUT2D eigenvalue weighted by Crippen LogP contribution is -2.32. The number of pyridine rings is 3. The largest absolute Gasteiger partial charge is 0.469 e. The number of aryl methyl sites for hydroxylation is 4. The van der Waals surface area contributed by atoms with Gasteiger partial charge in [-0.3, -0.25) is 9.55 Å². The van der Waals surface area contributed by atoms with Crippen LogP contribution in [0.15, 0.2) is 128 Å². The SMILES string of the molecule is CCc1cnc(C)c2ccn([C@@H]3C[C@H](CCc4ccc5ccc(NC)nc5c4)[C@H]4OC(C)(Cc5cc(C/C=C6\O[C@@H](n7ccc8c(C)ncnc87)[C@@H]7OC(C)(C)O[C@H]67)cc6nc(NCc7ccc(Cl)cc7)ccc56)O[C@H]43)c12. The first-order valence-electron chi connectivity index (χ1n) is 27.1. The van der Waals surface area contributed by atoms with Crippen LogP contribution in [-0.2, 0) is 55.9 Å². The highest BCUT2D eigenvalue weighted by molar-refractivity contribution is 6.30. The first-order valence-corrected chi connectivity index (χ1v) is 27.5. The highest BCUT2D eigenvalue weighted by Gasteiger charge is 2.57. The van der Waals surface area contributed by atoms with Crippen LogP contribution in [0.1, 0.15) is 92.0 Å². The highest BCUT2D eigenvalue weighted by atomic mass is 35.5. The fourth-order valence-electron chi connectivity index (χ4n) is 12.6. The number of hydrogen-bond donors (Lipinski definition) is 2. The number of halogens is 1. The van der Waals surface area contributed by atoms with E-state index in [9.17, 15) is 0 Å². The van der Waals surface area contributed by atoms with Crippen molar-refractivity contribution in [3.8, 4) is 0 Å². The number of benzene rings is 3. The summed E-state index contributed by atoms with van der Waals surface area (Å²) in [7, 11) is 1.91. The molecule has 8 atom stereocenters. The van der Waals surface area contributed by atoms with E-state index < -0.39 is 23.9 Å². The minimum atomic E-state index is -0.941.